The van der Waals surface area contributed by atoms with Gasteiger partial charge in [-0.15, -0.1) is 0 Å². The second kappa shape index (κ2) is 10.1. The number of nitrogens with zero attached hydrogens (tertiary/aromatic N) is 2. The minimum Gasteiger partial charge on any atom is -0.497 e. The maximum Gasteiger partial charge on any atom is 0.338 e. The van der Waals surface area contributed by atoms with Crippen LogP contribution in [0.2, 0.25) is 0 Å². The molecule has 0 aromatic heterocycles. The molecular formula is C26H28N2O6. The van der Waals surface area contributed by atoms with E-state index in [2.05, 4.69) is 0 Å². The molecule has 1 aliphatic heterocycles. The molecule has 0 N–H and O–H groups in total. The minimum absolute atomic E-state index is 0.0787. The Labute approximate surface area is 198 Å². The van der Waals surface area contributed by atoms with Crippen LogP contribution in [0.15, 0.2) is 48.5 Å². The van der Waals surface area contributed by atoms with Gasteiger partial charge in [0.05, 0.1) is 31.4 Å². The molecule has 1 saturated carbocycles. The molecule has 2 aromatic carbocycles. The normalized spacial score (nSPS) is 18.3. The minimum atomic E-state index is -0.876. The molecule has 1 aliphatic carbocycles. The first-order valence-corrected chi connectivity index (χ1v) is 11.5. The summed E-state index contributed by atoms with van der Waals surface area (Å²) in [6.07, 6.45) is 3.45. The molecule has 0 radical (unpaired) electrons. The largest absolute Gasteiger partial charge is 0.497 e. The summed E-state index contributed by atoms with van der Waals surface area (Å²) in [6, 6.07) is 12.0. The first-order valence-electron chi connectivity index (χ1n) is 11.5. The summed E-state index contributed by atoms with van der Waals surface area (Å²) in [7, 11) is 1.53. The fourth-order valence-electron chi connectivity index (χ4n) is 4.71. The summed E-state index contributed by atoms with van der Waals surface area (Å²) >= 11 is 0. The molecule has 0 spiro atoms. The van der Waals surface area contributed by atoms with E-state index in [1.807, 2.05) is 0 Å². The summed E-state index contributed by atoms with van der Waals surface area (Å²) in [6.45, 7) is 1.97. The standard InChI is InChI=1S/C26H28N2O6/c1-3-34-26(32)17-11-13-20(14-12-17)28-23(29)16-22(25(28)31)27(19-8-4-5-9-19)24(30)18-7-6-10-21(15-18)33-2/h6-7,10-15,19,22H,3-5,8-9,16H2,1-2H3. The number of imide groups is 1. The summed E-state index contributed by atoms with van der Waals surface area (Å²) in [4.78, 5) is 54.7. The average Bonchev–Trinajstić information content (AvgIpc) is 3.48. The molecule has 1 atom stereocenters. The maximum absolute atomic E-state index is 13.6. The van der Waals surface area contributed by atoms with Crippen LogP contribution in [0.5, 0.6) is 5.75 Å². The van der Waals surface area contributed by atoms with Crippen molar-refractivity contribution in [3.63, 3.8) is 0 Å². The number of benzene rings is 2. The van der Waals surface area contributed by atoms with Crippen LogP contribution >= 0.6 is 0 Å². The molecule has 1 unspecified atom stereocenters. The zero-order valence-corrected chi connectivity index (χ0v) is 19.4. The first-order chi connectivity index (χ1) is 16.4. The van der Waals surface area contributed by atoms with Crippen molar-refractivity contribution < 1.29 is 28.7 Å². The molecule has 3 amide bonds. The van der Waals surface area contributed by atoms with Gasteiger partial charge in [-0.05, 0) is 62.2 Å². The van der Waals surface area contributed by atoms with Crippen LogP contribution in [-0.2, 0) is 14.3 Å². The number of esters is 1. The van der Waals surface area contributed by atoms with Crippen molar-refractivity contribution in [1.29, 1.82) is 0 Å². The Morgan fingerprint density at radius 1 is 1.03 bits per heavy atom. The van der Waals surface area contributed by atoms with E-state index in [-0.39, 0.29) is 30.9 Å². The Morgan fingerprint density at radius 3 is 2.38 bits per heavy atom. The Hall–Kier alpha value is -3.68. The van der Waals surface area contributed by atoms with Crippen molar-refractivity contribution in [2.24, 2.45) is 0 Å². The van der Waals surface area contributed by atoms with E-state index in [4.69, 9.17) is 9.47 Å². The van der Waals surface area contributed by atoms with Crippen LogP contribution in [0.25, 0.3) is 0 Å². The topological polar surface area (TPSA) is 93.2 Å². The molecule has 2 aromatic rings. The number of amides is 3. The molecule has 4 rings (SSSR count). The van der Waals surface area contributed by atoms with Gasteiger partial charge in [-0.25, -0.2) is 9.69 Å². The van der Waals surface area contributed by atoms with E-state index in [1.165, 1.54) is 19.2 Å². The predicted molar refractivity (Wildman–Crippen MR) is 125 cm³/mol. The zero-order chi connectivity index (χ0) is 24.2. The van der Waals surface area contributed by atoms with E-state index in [9.17, 15) is 19.2 Å². The van der Waals surface area contributed by atoms with Gasteiger partial charge in [-0.1, -0.05) is 18.9 Å². The Kier molecular flexibility index (Phi) is 6.95. The smallest absolute Gasteiger partial charge is 0.338 e. The third-order valence-electron chi connectivity index (χ3n) is 6.36. The molecule has 34 heavy (non-hydrogen) atoms. The quantitative estimate of drug-likeness (QED) is 0.459. The van der Waals surface area contributed by atoms with Gasteiger partial charge >= 0.3 is 5.97 Å². The van der Waals surface area contributed by atoms with Crippen LogP contribution in [0.3, 0.4) is 0 Å². The molecule has 8 heteroatoms. The fourth-order valence-corrected chi connectivity index (χ4v) is 4.71. The molecule has 178 valence electrons. The van der Waals surface area contributed by atoms with Crippen LogP contribution in [-0.4, -0.2) is 54.4 Å². The molecule has 0 bridgehead atoms. The van der Waals surface area contributed by atoms with Gasteiger partial charge in [0.2, 0.25) is 5.91 Å². The lowest BCUT2D eigenvalue weighted by Crippen LogP contribution is -2.50. The van der Waals surface area contributed by atoms with Crippen LogP contribution in [0.1, 0.15) is 59.7 Å². The number of hydrogen-bond acceptors (Lipinski definition) is 6. The molecule has 1 saturated heterocycles. The van der Waals surface area contributed by atoms with Crippen molar-refractivity contribution >= 4 is 29.4 Å². The number of methoxy groups -OCH3 is 1. The van der Waals surface area contributed by atoms with Gasteiger partial charge in [0.1, 0.15) is 11.8 Å². The predicted octanol–water partition coefficient (Wildman–Crippen LogP) is 3.59. The maximum atomic E-state index is 13.6. The number of carbonyl (C=O) groups excluding carboxylic acids is 4. The van der Waals surface area contributed by atoms with Gasteiger partial charge in [0.15, 0.2) is 0 Å². The lowest BCUT2D eigenvalue weighted by molar-refractivity contribution is -0.123. The molecule has 1 heterocycles. The van der Waals surface area contributed by atoms with Crippen molar-refractivity contribution in [3.05, 3.63) is 59.7 Å². The number of rotatable bonds is 7. The highest BCUT2D eigenvalue weighted by atomic mass is 16.5. The monoisotopic (exact) mass is 464 g/mol. The van der Waals surface area contributed by atoms with E-state index in [0.717, 1.165) is 30.6 Å². The molecule has 2 aliphatic rings. The van der Waals surface area contributed by atoms with Gasteiger partial charge in [0, 0.05) is 11.6 Å². The van der Waals surface area contributed by atoms with Crippen molar-refractivity contribution in [2.75, 3.05) is 18.6 Å². The van der Waals surface area contributed by atoms with Gasteiger partial charge in [0.25, 0.3) is 11.8 Å². The highest BCUT2D eigenvalue weighted by Crippen LogP contribution is 2.33. The highest BCUT2D eigenvalue weighted by molar-refractivity contribution is 6.23. The SMILES string of the molecule is CCOC(=O)c1ccc(N2C(=O)CC(N(C(=O)c3cccc(OC)c3)C3CCCC3)C2=O)cc1. The Balaban J connectivity index is 1.62. The van der Waals surface area contributed by atoms with Gasteiger partial charge in [-0.2, -0.15) is 0 Å². The third kappa shape index (κ3) is 4.53. The second-order valence-electron chi connectivity index (χ2n) is 8.44. The fraction of sp³-hybridized carbons (Fsp3) is 0.385. The van der Waals surface area contributed by atoms with Gasteiger partial charge in [-0.3, -0.25) is 14.4 Å². The summed E-state index contributed by atoms with van der Waals surface area (Å²) in [5.74, 6) is -1.01. The van der Waals surface area contributed by atoms with Crippen molar-refractivity contribution in [3.8, 4) is 5.75 Å². The summed E-state index contributed by atoms with van der Waals surface area (Å²) in [5.41, 5.74) is 1.12. The molecular weight excluding hydrogens is 436 g/mol. The number of hydrogen-bond donors (Lipinski definition) is 0. The summed E-state index contributed by atoms with van der Waals surface area (Å²) in [5, 5.41) is 0. The molecule has 2 fully saturated rings. The number of anilines is 1. The van der Waals surface area contributed by atoms with E-state index in [1.54, 1.807) is 48.2 Å². The lowest BCUT2D eigenvalue weighted by atomic mass is 10.1. The van der Waals surface area contributed by atoms with Gasteiger partial charge < -0.3 is 14.4 Å². The number of carbonyl (C=O) groups is 4. The second-order valence-corrected chi connectivity index (χ2v) is 8.44. The highest BCUT2D eigenvalue weighted by Gasteiger charge is 2.47. The third-order valence-corrected chi connectivity index (χ3v) is 6.36. The van der Waals surface area contributed by atoms with E-state index >= 15 is 0 Å². The first kappa shape index (κ1) is 23.5. The lowest BCUT2D eigenvalue weighted by Gasteiger charge is -2.33. The zero-order valence-electron chi connectivity index (χ0n) is 19.4. The average molecular weight is 465 g/mol. The Bertz CT molecular complexity index is 1090. The van der Waals surface area contributed by atoms with Crippen LogP contribution < -0.4 is 9.64 Å². The molecule has 8 nitrogen and oxygen atoms in total. The van der Waals surface area contributed by atoms with Crippen molar-refractivity contribution in [1.82, 2.24) is 4.90 Å². The number of ether oxygens (including phenoxy) is 2. The summed E-state index contributed by atoms with van der Waals surface area (Å²) < 4.78 is 10.2. The van der Waals surface area contributed by atoms with Crippen molar-refractivity contribution in [2.45, 2.75) is 51.1 Å². The van der Waals surface area contributed by atoms with E-state index < -0.39 is 17.9 Å². The van der Waals surface area contributed by atoms with Crippen LogP contribution in [0.4, 0.5) is 5.69 Å². The van der Waals surface area contributed by atoms with E-state index in [0.29, 0.717) is 22.6 Å². The Morgan fingerprint density at radius 2 is 1.74 bits per heavy atom. The van der Waals surface area contributed by atoms with Crippen LogP contribution in [0, 0.1) is 0 Å².